The van der Waals surface area contributed by atoms with E-state index in [9.17, 15) is 9.18 Å². The van der Waals surface area contributed by atoms with E-state index in [1.807, 2.05) is 6.92 Å². The predicted molar refractivity (Wildman–Crippen MR) is 83.2 cm³/mol. The van der Waals surface area contributed by atoms with Crippen LogP contribution in [0.5, 0.6) is 0 Å². The molecule has 1 fully saturated rings. The molecule has 0 saturated carbocycles. The number of urea groups is 1. The number of nitrogens with zero attached hydrogens (tertiary/aromatic N) is 1. The molecule has 2 unspecified atom stereocenters. The summed E-state index contributed by atoms with van der Waals surface area (Å²) in [6, 6.07) is 6.04. The molecular formula is C16H24FN3O2. The van der Waals surface area contributed by atoms with Gasteiger partial charge in [0.05, 0.1) is 19.3 Å². The molecule has 2 N–H and O–H groups in total. The zero-order valence-corrected chi connectivity index (χ0v) is 13.1. The van der Waals surface area contributed by atoms with Gasteiger partial charge in [0.1, 0.15) is 5.82 Å². The SMILES string of the molecule is CC(NC(=O)NCC(C)N1CCOCC1)c1ccc(F)cc1. The van der Waals surface area contributed by atoms with Gasteiger partial charge in [0.2, 0.25) is 0 Å². The lowest BCUT2D eigenvalue weighted by molar-refractivity contribution is 0.0209. The molecule has 2 rings (SSSR count). The summed E-state index contributed by atoms with van der Waals surface area (Å²) in [4.78, 5) is 14.2. The van der Waals surface area contributed by atoms with Crippen molar-refractivity contribution >= 4 is 6.03 Å². The summed E-state index contributed by atoms with van der Waals surface area (Å²) in [5.74, 6) is -0.278. The van der Waals surface area contributed by atoms with Crippen molar-refractivity contribution in [2.24, 2.45) is 0 Å². The fraction of sp³-hybridized carbons (Fsp3) is 0.562. The maximum absolute atomic E-state index is 12.9. The average molecular weight is 309 g/mol. The zero-order valence-electron chi connectivity index (χ0n) is 13.1. The van der Waals surface area contributed by atoms with Crippen LogP contribution in [0.15, 0.2) is 24.3 Å². The Morgan fingerprint density at radius 3 is 2.55 bits per heavy atom. The number of halogens is 1. The fourth-order valence-electron chi connectivity index (χ4n) is 2.47. The summed E-state index contributed by atoms with van der Waals surface area (Å²) in [7, 11) is 0. The summed E-state index contributed by atoms with van der Waals surface area (Å²) in [6.45, 7) is 7.85. The Bertz CT molecular complexity index is 475. The minimum absolute atomic E-state index is 0.167. The van der Waals surface area contributed by atoms with Crippen LogP contribution in [0.2, 0.25) is 0 Å². The molecular weight excluding hydrogens is 285 g/mol. The number of ether oxygens (including phenoxy) is 1. The van der Waals surface area contributed by atoms with Crippen LogP contribution in [0.25, 0.3) is 0 Å². The van der Waals surface area contributed by atoms with Crippen molar-refractivity contribution in [2.75, 3.05) is 32.8 Å². The summed E-state index contributed by atoms with van der Waals surface area (Å²) < 4.78 is 18.2. The van der Waals surface area contributed by atoms with Crippen molar-refractivity contribution in [1.29, 1.82) is 0 Å². The number of hydrogen-bond acceptors (Lipinski definition) is 3. The molecule has 1 aromatic rings. The number of carbonyl (C=O) groups excluding carboxylic acids is 1. The summed E-state index contributed by atoms with van der Waals surface area (Å²) >= 11 is 0. The molecule has 0 bridgehead atoms. The van der Waals surface area contributed by atoms with Crippen molar-refractivity contribution in [3.05, 3.63) is 35.6 Å². The van der Waals surface area contributed by atoms with Crippen LogP contribution in [0.1, 0.15) is 25.5 Å². The number of nitrogens with one attached hydrogen (secondary N) is 2. The second-order valence-corrected chi connectivity index (χ2v) is 5.62. The normalized spacial score (nSPS) is 18.5. The topological polar surface area (TPSA) is 53.6 Å². The predicted octanol–water partition coefficient (Wildman–Crippen LogP) is 1.91. The van der Waals surface area contributed by atoms with E-state index in [0.717, 1.165) is 31.9 Å². The lowest BCUT2D eigenvalue weighted by Gasteiger charge is -2.32. The molecule has 0 aliphatic carbocycles. The Labute approximate surface area is 130 Å². The van der Waals surface area contributed by atoms with E-state index in [1.54, 1.807) is 12.1 Å². The first kappa shape index (κ1) is 16.7. The molecule has 2 atom stereocenters. The van der Waals surface area contributed by atoms with Gasteiger partial charge in [0.15, 0.2) is 0 Å². The van der Waals surface area contributed by atoms with Gasteiger partial charge in [0.25, 0.3) is 0 Å². The van der Waals surface area contributed by atoms with Crippen LogP contribution >= 0.6 is 0 Å². The third-order valence-electron chi connectivity index (χ3n) is 3.94. The van der Waals surface area contributed by atoms with Crippen LogP contribution in [0.3, 0.4) is 0 Å². The molecule has 6 heteroatoms. The maximum atomic E-state index is 12.9. The van der Waals surface area contributed by atoms with E-state index in [1.165, 1.54) is 12.1 Å². The molecule has 1 saturated heterocycles. The van der Waals surface area contributed by atoms with E-state index < -0.39 is 0 Å². The van der Waals surface area contributed by atoms with Gasteiger partial charge in [-0.05, 0) is 31.5 Å². The van der Waals surface area contributed by atoms with Crippen molar-refractivity contribution < 1.29 is 13.9 Å². The van der Waals surface area contributed by atoms with Crippen molar-refractivity contribution in [1.82, 2.24) is 15.5 Å². The molecule has 0 spiro atoms. The molecule has 0 aromatic heterocycles. The van der Waals surface area contributed by atoms with Crippen molar-refractivity contribution in [2.45, 2.75) is 25.9 Å². The van der Waals surface area contributed by atoms with Gasteiger partial charge >= 0.3 is 6.03 Å². The first-order valence-corrected chi connectivity index (χ1v) is 7.68. The number of hydrogen-bond donors (Lipinski definition) is 2. The minimum Gasteiger partial charge on any atom is -0.379 e. The highest BCUT2D eigenvalue weighted by molar-refractivity contribution is 5.74. The molecule has 122 valence electrons. The smallest absolute Gasteiger partial charge is 0.315 e. The Hall–Kier alpha value is -1.66. The first-order chi connectivity index (χ1) is 10.6. The summed E-state index contributed by atoms with van der Waals surface area (Å²) in [5, 5.41) is 5.74. The highest BCUT2D eigenvalue weighted by Gasteiger charge is 2.17. The second kappa shape index (κ2) is 8.10. The van der Waals surface area contributed by atoms with Crippen LogP contribution in [-0.2, 0) is 4.74 Å². The summed E-state index contributed by atoms with van der Waals surface area (Å²) in [5.41, 5.74) is 0.873. The molecule has 5 nitrogen and oxygen atoms in total. The first-order valence-electron chi connectivity index (χ1n) is 7.68. The average Bonchev–Trinajstić information content (AvgIpc) is 2.54. The molecule has 2 amide bonds. The highest BCUT2D eigenvalue weighted by atomic mass is 19.1. The zero-order chi connectivity index (χ0) is 15.9. The van der Waals surface area contributed by atoms with Gasteiger partial charge in [-0.15, -0.1) is 0 Å². The van der Waals surface area contributed by atoms with Gasteiger partial charge in [-0.2, -0.15) is 0 Å². The molecule has 1 aliphatic heterocycles. The Morgan fingerprint density at radius 2 is 1.91 bits per heavy atom. The number of benzene rings is 1. The highest BCUT2D eigenvalue weighted by Crippen LogP contribution is 2.12. The largest absolute Gasteiger partial charge is 0.379 e. The van der Waals surface area contributed by atoms with Crippen LogP contribution in [0, 0.1) is 5.82 Å². The lowest BCUT2D eigenvalue weighted by atomic mass is 10.1. The lowest BCUT2D eigenvalue weighted by Crippen LogP contribution is -2.49. The number of morpholine rings is 1. The van der Waals surface area contributed by atoms with Gasteiger partial charge in [-0.25, -0.2) is 9.18 Å². The quantitative estimate of drug-likeness (QED) is 0.873. The fourth-order valence-corrected chi connectivity index (χ4v) is 2.47. The van der Waals surface area contributed by atoms with Crippen molar-refractivity contribution in [3.8, 4) is 0 Å². The van der Waals surface area contributed by atoms with Crippen LogP contribution < -0.4 is 10.6 Å². The Balaban J connectivity index is 1.73. The Morgan fingerprint density at radius 1 is 1.27 bits per heavy atom. The van der Waals surface area contributed by atoms with Crippen LogP contribution in [-0.4, -0.2) is 49.8 Å². The minimum atomic E-state index is -0.278. The Kier molecular flexibility index (Phi) is 6.15. The monoisotopic (exact) mass is 309 g/mol. The van der Waals surface area contributed by atoms with E-state index in [0.29, 0.717) is 6.54 Å². The third-order valence-corrected chi connectivity index (χ3v) is 3.94. The number of carbonyl (C=O) groups is 1. The van der Waals surface area contributed by atoms with Crippen molar-refractivity contribution in [3.63, 3.8) is 0 Å². The van der Waals surface area contributed by atoms with Gasteiger partial charge < -0.3 is 15.4 Å². The van der Waals surface area contributed by atoms with Gasteiger partial charge in [-0.3, -0.25) is 4.90 Å². The molecule has 1 heterocycles. The third kappa shape index (κ3) is 4.96. The molecule has 22 heavy (non-hydrogen) atoms. The maximum Gasteiger partial charge on any atom is 0.315 e. The number of amides is 2. The van der Waals surface area contributed by atoms with E-state index >= 15 is 0 Å². The second-order valence-electron chi connectivity index (χ2n) is 5.62. The molecule has 1 aliphatic rings. The van der Waals surface area contributed by atoms with E-state index in [2.05, 4.69) is 22.5 Å². The van der Waals surface area contributed by atoms with Crippen LogP contribution in [0.4, 0.5) is 9.18 Å². The molecule has 0 radical (unpaired) electrons. The van der Waals surface area contributed by atoms with E-state index in [4.69, 9.17) is 4.74 Å². The summed E-state index contributed by atoms with van der Waals surface area (Å²) in [6.07, 6.45) is 0. The van der Waals surface area contributed by atoms with Gasteiger partial charge in [-0.1, -0.05) is 12.1 Å². The van der Waals surface area contributed by atoms with Gasteiger partial charge in [0, 0.05) is 25.7 Å². The van der Waals surface area contributed by atoms with E-state index in [-0.39, 0.29) is 23.9 Å². The molecule has 1 aromatic carbocycles. The standard InChI is InChI=1S/C16H24FN3O2/c1-12(20-7-9-22-10-8-20)11-18-16(21)19-13(2)14-3-5-15(17)6-4-14/h3-6,12-13H,7-11H2,1-2H3,(H2,18,19,21). The number of rotatable bonds is 5.